The van der Waals surface area contributed by atoms with Crippen LogP contribution in [0.15, 0.2) is 59.6 Å². The summed E-state index contributed by atoms with van der Waals surface area (Å²) in [7, 11) is 0. The predicted molar refractivity (Wildman–Crippen MR) is 103 cm³/mol. The van der Waals surface area contributed by atoms with Gasteiger partial charge in [-0.1, -0.05) is 54.1 Å². The number of rotatable bonds is 5. The largest absolute Gasteiger partial charge is 0.337 e. The third-order valence-corrected chi connectivity index (χ3v) is 4.69. The lowest BCUT2D eigenvalue weighted by Gasteiger charge is -2.22. The smallest absolute Gasteiger partial charge is 0.224 e. The minimum atomic E-state index is -0.262. The molecule has 1 aliphatic heterocycles. The molecule has 0 unspecified atom stereocenters. The number of nitrogens with zero attached hydrogens (tertiary/aromatic N) is 2. The van der Waals surface area contributed by atoms with Gasteiger partial charge >= 0.3 is 0 Å². The van der Waals surface area contributed by atoms with Gasteiger partial charge < -0.3 is 4.90 Å². The SMILES string of the molecule is O=C1CCN(C/C(Cl)=C/c2ccccc2)CCN1Cc1ccc(F)cc1. The molecular formula is C21H22ClFN2O. The number of amides is 1. The first-order chi connectivity index (χ1) is 12.6. The quantitative estimate of drug-likeness (QED) is 0.787. The van der Waals surface area contributed by atoms with Crippen LogP contribution >= 0.6 is 11.6 Å². The van der Waals surface area contributed by atoms with Crippen molar-refractivity contribution >= 4 is 23.6 Å². The molecule has 1 fully saturated rings. The Morgan fingerprint density at radius 2 is 1.77 bits per heavy atom. The van der Waals surface area contributed by atoms with Gasteiger partial charge in [-0.3, -0.25) is 9.69 Å². The minimum Gasteiger partial charge on any atom is -0.337 e. The van der Waals surface area contributed by atoms with Crippen molar-refractivity contribution in [3.05, 3.63) is 76.6 Å². The Hall–Kier alpha value is -2.17. The molecule has 0 spiro atoms. The van der Waals surface area contributed by atoms with Crippen LogP contribution in [0.2, 0.25) is 0 Å². The van der Waals surface area contributed by atoms with Crippen molar-refractivity contribution < 1.29 is 9.18 Å². The van der Waals surface area contributed by atoms with Gasteiger partial charge in [0.25, 0.3) is 0 Å². The molecule has 0 radical (unpaired) electrons. The Kier molecular flexibility index (Phi) is 6.42. The van der Waals surface area contributed by atoms with Crippen molar-refractivity contribution in [2.24, 2.45) is 0 Å². The van der Waals surface area contributed by atoms with Crippen LogP contribution in [0.4, 0.5) is 4.39 Å². The molecule has 1 saturated heterocycles. The van der Waals surface area contributed by atoms with Crippen LogP contribution in [-0.2, 0) is 11.3 Å². The lowest BCUT2D eigenvalue weighted by molar-refractivity contribution is -0.130. The second-order valence-electron chi connectivity index (χ2n) is 6.47. The average molecular weight is 373 g/mol. The van der Waals surface area contributed by atoms with Crippen molar-refractivity contribution in [2.75, 3.05) is 26.2 Å². The van der Waals surface area contributed by atoms with Crippen molar-refractivity contribution in [1.29, 1.82) is 0 Å². The van der Waals surface area contributed by atoms with Gasteiger partial charge in [0, 0.05) is 44.2 Å². The number of benzene rings is 2. The number of halogens is 2. The van der Waals surface area contributed by atoms with E-state index in [4.69, 9.17) is 11.6 Å². The molecule has 0 saturated carbocycles. The first kappa shape index (κ1) is 18.6. The van der Waals surface area contributed by atoms with E-state index in [9.17, 15) is 9.18 Å². The van der Waals surface area contributed by atoms with Gasteiger partial charge in [0.1, 0.15) is 5.82 Å². The maximum atomic E-state index is 13.0. The fourth-order valence-corrected chi connectivity index (χ4v) is 3.33. The molecule has 0 bridgehead atoms. The summed E-state index contributed by atoms with van der Waals surface area (Å²) in [4.78, 5) is 16.4. The topological polar surface area (TPSA) is 23.6 Å². The molecule has 136 valence electrons. The fraction of sp³-hybridized carbons (Fsp3) is 0.286. The van der Waals surface area contributed by atoms with E-state index in [1.54, 1.807) is 12.1 Å². The lowest BCUT2D eigenvalue weighted by atomic mass is 10.2. The van der Waals surface area contributed by atoms with Gasteiger partial charge in [-0.05, 0) is 29.3 Å². The highest BCUT2D eigenvalue weighted by Crippen LogP contribution is 2.15. The van der Waals surface area contributed by atoms with Crippen LogP contribution in [0.5, 0.6) is 0 Å². The van der Waals surface area contributed by atoms with E-state index >= 15 is 0 Å². The Balaban J connectivity index is 1.57. The van der Waals surface area contributed by atoms with E-state index < -0.39 is 0 Å². The molecular weight excluding hydrogens is 351 g/mol. The molecule has 0 N–H and O–H groups in total. The molecule has 3 nitrogen and oxygen atoms in total. The van der Waals surface area contributed by atoms with E-state index in [1.165, 1.54) is 12.1 Å². The summed E-state index contributed by atoms with van der Waals surface area (Å²) in [6.45, 7) is 3.25. The number of carbonyl (C=O) groups is 1. The maximum Gasteiger partial charge on any atom is 0.224 e. The zero-order valence-electron chi connectivity index (χ0n) is 14.6. The summed E-state index contributed by atoms with van der Waals surface area (Å²) in [6, 6.07) is 16.3. The Labute approximate surface area is 158 Å². The van der Waals surface area contributed by atoms with E-state index in [2.05, 4.69) is 4.90 Å². The van der Waals surface area contributed by atoms with E-state index in [1.807, 2.05) is 41.3 Å². The summed E-state index contributed by atoms with van der Waals surface area (Å²) in [6.07, 6.45) is 2.43. The third kappa shape index (κ3) is 5.41. The normalized spacial score (nSPS) is 16.6. The van der Waals surface area contributed by atoms with Crippen LogP contribution in [-0.4, -0.2) is 41.9 Å². The first-order valence-corrected chi connectivity index (χ1v) is 9.13. The van der Waals surface area contributed by atoms with Gasteiger partial charge in [0.2, 0.25) is 5.91 Å². The second-order valence-corrected chi connectivity index (χ2v) is 6.96. The number of carbonyl (C=O) groups excluding carboxylic acids is 1. The summed E-state index contributed by atoms with van der Waals surface area (Å²) in [5.41, 5.74) is 2.01. The third-order valence-electron chi connectivity index (χ3n) is 4.46. The molecule has 3 rings (SSSR count). The van der Waals surface area contributed by atoms with Gasteiger partial charge in [0.05, 0.1) is 0 Å². The number of hydrogen-bond donors (Lipinski definition) is 0. The Morgan fingerprint density at radius 1 is 1.04 bits per heavy atom. The van der Waals surface area contributed by atoms with Crippen molar-refractivity contribution in [1.82, 2.24) is 9.80 Å². The maximum absolute atomic E-state index is 13.0. The Bertz CT molecular complexity index is 761. The van der Waals surface area contributed by atoms with Gasteiger partial charge in [-0.25, -0.2) is 4.39 Å². The average Bonchev–Trinajstić information content (AvgIpc) is 2.80. The lowest BCUT2D eigenvalue weighted by Crippen LogP contribution is -2.33. The zero-order chi connectivity index (χ0) is 18.4. The highest BCUT2D eigenvalue weighted by molar-refractivity contribution is 6.31. The van der Waals surface area contributed by atoms with Gasteiger partial charge in [-0.2, -0.15) is 0 Å². The molecule has 2 aromatic carbocycles. The molecule has 0 atom stereocenters. The van der Waals surface area contributed by atoms with Crippen molar-refractivity contribution in [2.45, 2.75) is 13.0 Å². The fourth-order valence-electron chi connectivity index (χ4n) is 3.04. The highest BCUT2D eigenvalue weighted by Gasteiger charge is 2.21. The van der Waals surface area contributed by atoms with Crippen LogP contribution in [0.1, 0.15) is 17.5 Å². The molecule has 5 heteroatoms. The monoisotopic (exact) mass is 372 g/mol. The standard InChI is InChI=1S/C21H22ClFN2O/c22-19(14-17-4-2-1-3-5-17)16-24-11-10-21(26)25(13-12-24)15-18-6-8-20(23)9-7-18/h1-9,14H,10-13,15-16H2/b19-14-. The van der Waals surface area contributed by atoms with Gasteiger partial charge in [0.15, 0.2) is 0 Å². The summed E-state index contributed by atoms with van der Waals surface area (Å²) < 4.78 is 13.0. The summed E-state index contributed by atoms with van der Waals surface area (Å²) in [5.74, 6) is -0.137. The summed E-state index contributed by atoms with van der Waals surface area (Å²) >= 11 is 6.40. The van der Waals surface area contributed by atoms with Crippen LogP contribution in [0.25, 0.3) is 6.08 Å². The molecule has 1 aliphatic rings. The highest BCUT2D eigenvalue weighted by atomic mass is 35.5. The molecule has 0 aromatic heterocycles. The van der Waals surface area contributed by atoms with Crippen molar-refractivity contribution in [3.8, 4) is 0 Å². The van der Waals surface area contributed by atoms with Crippen LogP contribution in [0, 0.1) is 5.82 Å². The molecule has 1 heterocycles. The van der Waals surface area contributed by atoms with Crippen molar-refractivity contribution in [3.63, 3.8) is 0 Å². The second kappa shape index (κ2) is 8.97. The van der Waals surface area contributed by atoms with Gasteiger partial charge in [-0.15, -0.1) is 0 Å². The van der Waals surface area contributed by atoms with E-state index in [0.29, 0.717) is 32.6 Å². The first-order valence-electron chi connectivity index (χ1n) is 8.76. The van der Waals surface area contributed by atoms with E-state index in [-0.39, 0.29) is 11.7 Å². The van der Waals surface area contributed by atoms with Crippen LogP contribution < -0.4 is 0 Å². The Morgan fingerprint density at radius 3 is 2.50 bits per heavy atom. The molecule has 2 aromatic rings. The predicted octanol–water partition coefficient (Wildman–Crippen LogP) is 4.14. The zero-order valence-corrected chi connectivity index (χ0v) is 15.3. The molecule has 1 amide bonds. The minimum absolute atomic E-state index is 0.125. The molecule has 26 heavy (non-hydrogen) atoms. The summed E-state index contributed by atoms with van der Waals surface area (Å²) in [5, 5.41) is 0.760. The van der Waals surface area contributed by atoms with E-state index in [0.717, 1.165) is 22.7 Å². The molecule has 0 aliphatic carbocycles. The number of hydrogen-bond acceptors (Lipinski definition) is 2. The van der Waals surface area contributed by atoms with Crippen LogP contribution in [0.3, 0.4) is 0 Å².